The van der Waals surface area contributed by atoms with Gasteiger partial charge in [0.05, 0.1) is 10.4 Å². The van der Waals surface area contributed by atoms with Gasteiger partial charge in [-0.15, -0.1) is 0 Å². The van der Waals surface area contributed by atoms with Gasteiger partial charge in [0.1, 0.15) is 17.0 Å². The minimum Gasteiger partial charge on any atom is -0.696 e. The zero-order valence-electron chi connectivity index (χ0n) is 37.7. The van der Waals surface area contributed by atoms with Crippen LogP contribution in [-0.2, 0) is 25.7 Å². The van der Waals surface area contributed by atoms with Crippen LogP contribution in [0.25, 0.3) is 21.4 Å². The monoisotopic (exact) mass is 942 g/mol. The summed E-state index contributed by atoms with van der Waals surface area (Å²) >= 11 is 5.22. The fraction of sp³-hybridized carbons (Fsp3) is 0.250. The van der Waals surface area contributed by atoms with Crippen LogP contribution in [0.3, 0.4) is 0 Å². The average molecular weight is 943 g/mol. The van der Waals surface area contributed by atoms with Crippen LogP contribution in [0.1, 0.15) is 84.7 Å². The van der Waals surface area contributed by atoms with Gasteiger partial charge in [-0.25, -0.2) is 10.2 Å². The van der Waals surface area contributed by atoms with Gasteiger partial charge in [-0.1, -0.05) is 137 Å². The summed E-state index contributed by atoms with van der Waals surface area (Å²) in [6, 6.07) is 51.6. The Labute approximate surface area is 445 Å². The van der Waals surface area contributed by atoms with Gasteiger partial charge in [-0.2, -0.15) is 0 Å². The van der Waals surface area contributed by atoms with Gasteiger partial charge in [0.15, 0.2) is 16.6 Å². The summed E-state index contributed by atoms with van der Waals surface area (Å²) in [4.78, 5) is 10.1. The third kappa shape index (κ3) is 9.01. The molecule has 11 heteroatoms. The van der Waals surface area contributed by atoms with Gasteiger partial charge in [0.2, 0.25) is 0 Å². The molecule has 6 aliphatic rings. The van der Waals surface area contributed by atoms with Gasteiger partial charge in [-0.05, 0) is 104 Å². The predicted molar refractivity (Wildman–Crippen MR) is 269 cm³/mol. The van der Waals surface area contributed by atoms with Gasteiger partial charge in [0, 0.05) is 59.5 Å². The molecule has 67 heavy (non-hydrogen) atoms. The Morgan fingerprint density at radius 2 is 1.00 bits per heavy atom. The first-order valence-electron chi connectivity index (χ1n) is 23.1. The molecule has 0 spiro atoms. The number of nitrogens with two attached hydrogens (primary N) is 2. The summed E-state index contributed by atoms with van der Waals surface area (Å²) in [5.74, 6) is 3.52. The molecule has 13 rings (SSSR count). The fourth-order valence-electron chi connectivity index (χ4n) is 11.7. The average Bonchev–Trinajstić information content (AvgIpc) is 3.91. The molecule has 4 fully saturated rings. The van der Waals surface area contributed by atoms with Crippen LogP contribution in [-0.4, -0.2) is 39.0 Å². The second kappa shape index (κ2) is 20.0. The summed E-state index contributed by atoms with van der Waals surface area (Å²) in [5, 5.41) is 9.05. The Morgan fingerprint density at radius 1 is 0.567 bits per heavy atom. The van der Waals surface area contributed by atoms with E-state index in [1.165, 1.54) is 75.8 Å². The summed E-state index contributed by atoms with van der Waals surface area (Å²) < 4.78 is 13.7. The first-order chi connectivity index (χ1) is 32.4. The molecule has 4 bridgehead atoms. The zero-order valence-corrected chi connectivity index (χ0v) is 42.5. The second-order valence-electron chi connectivity index (χ2n) is 18.2. The van der Waals surface area contributed by atoms with E-state index in [1.54, 1.807) is 11.1 Å². The first kappa shape index (κ1) is 45.9. The second-order valence-corrected chi connectivity index (χ2v) is 19.5. The van der Waals surface area contributed by atoms with Crippen molar-refractivity contribution in [2.45, 2.75) is 88.6 Å². The molecule has 4 N–H and O–H groups in total. The first-order valence-corrected chi connectivity index (χ1v) is 24.3. The minimum absolute atomic E-state index is 0. The molecule has 1 aromatic heterocycles. The van der Waals surface area contributed by atoms with Crippen LogP contribution in [0.5, 0.6) is 23.0 Å². The molecule has 4 atom stereocenters. The molecular formula is C56H51KN6O2S2. The number of thiazole rings is 1. The fourth-order valence-corrected chi connectivity index (χ4v) is 12.4. The number of fused-ring (bicyclic) bond motifs is 10. The summed E-state index contributed by atoms with van der Waals surface area (Å²) in [5.41, 5.74) is 27.4. The van der Waals surface area contributed by atoms with Gasteiger partial charge in [-0.3, -0.25) is 9.80 Å². The number of anilines is 2. The number of nitrogens with zero attached hydrogens (tertiary/aromatic N) is 4. The molecule has 330 valence electrons. The minimum atomic E-state index is 0. The predicted octanol–water partition coefficient (Wildman–Crippen LogP) is 9.63. The van der Waals surface area contributed by atoms with E-state index in [1.807, 2.05) is 24.3 Å². The molecule has 7 heterocycles. The normalized spacial score (nSPS) is 20.8. The van der Waals surface area contributed by atoms with Crippen LogP contribution < -0.4 is 72.3 Å². The maximum Gasteiger partial charge on any atom is 1.00 e. The van der Waals surface area contributed by atoms with E-state index in [0.717, 1.165) is 83.1 Å². The number of piperidine rings is 2. The third-order valence-corrected chi connectivity index (χ3v) is 15.3. The largest absolute Gasteiger partial charge is 1.00 e. The van der Waals surface area contributed by atoms with Crippen molar-refractivity contribution in [3.05, 3.63) is 184 Å². The van der Waals surface area contributed by atoms with Crippen LogP contribution in [0.15, 0.2) is 151 Å². The Kier molecular flexibility index (Phi) is 13.7. The van der Waals surface area contributed by atoms with Gasteiger partial charge in [0.25, 0.3) is 0 Å². The maximum atomic E-state index is 7.13. The number of benzene rings is 6. The number of nitrogen functional groups attached to an aromatic ring is 2. The summed E-state index contributed by atoms with van der Waals surface area (Å²) in [6.07, 6.45) is 9.62. The number of para-hydroxylation sites is 3. The molecule has 6 aromatic carbocycles. The molecule has 0 saturated carbocycles. The molecular weight excluding hydrogens is 892 g/mol. The van der Waals surface area contributed by atoms with E-state index in [-0.39, 0.29) is 51.4 Å². The maximum absolute atomic E-state index is 7.13. The van der Waals surface area contributed by atoms with Crippen molar-refractivity contribution in [1.82, 2.24) is 14.8 Å². The van der Waals surface area contributed by atoms with Crippen molar-refractivity contribution in [2.75, 3.05) is 11.5 Å². The molecule has 4 saturated heterocycles. The van der Waals surface area contributed by atoms with Crippen molar-refractivity contribution in [2.24, 2.45) is 0 Å². The molecule has 0 radical (unpaired) electrons. The van der Waals surface area contributed by atoms with Crippen molar-refractivity contribution in [1.29, 1.82) is 5.26 Å². The van der Waals surface area contributed by atoms with Gasteiger partial charge < -0.3 is 33.6 Å². The van der Waals surface area contributed by atoms with Crippen molar-refractivity contribution < 1.29 is 60.9 Å². The SMILES string of the molecule is N#C[S-].Nc1cccc2c1Oc1ccccc1C2=C1CC2CCC(C1)N2Cc1ccccc1.Nc1nc2c3c(ccc2s1)C(=C1CC2CCC(C1)N2Cc1ccccc1)c1ccccc1O3.[K+]. The number of thiocyanates is 1. The van der Waals surface area contributed by atoms with E-state index in [0.29, 0.717) is 35.0 Å². The van der Waals surface area contributed by atoms with Crippen molar-refractivity contribution >= 4 is 56.1 Å². The Bertz CT molecular complexity index is 3020. The van der Waals surface area contributed by atoms with Crippen LogP contribution in [0.4, 0.5) is 10.8 Å². The van der Waals surface area contributed by atoms with Gasteiger partial charge >= 0.3 is 51.4 Å². The van der Waals surface area contributed by atoms with E-state index < -0.39 is 0 Å². The number of ether oxygens (including phenoxy) is 2. The van der Waals surface area contributed by atoms with Crippen molar-refractivity contribution in [3.63, 3.8) is 0 Å². The Morgan fingerprint density at radius 3 is 1.51 bits per heavy atom. The molecule has 0 amide bonds. The van der Waals surface area contributed by atoms with Crippen molar-refractivity contribution in [3.8, 4) is 28.4 Å². The summed E-state index contributed by atoms with van der Waals surface area (Å²) in [6.45, 7) is 2.11. The molecule has 8 nitrogen and oxygen atoms in total. The van der Waals surface area contributed by atoms with E-state index in [2.05, 4.69) is 143 Å². The Balaban J connectivity index is 0.000000147. The number of aromatic nitrogens is 1. The topological polar surface area (TPSA) is 114 Å². The van der Waals surface area contributed by atoms with Crippen LogP contribution in [0.2, 0.25) is 0 Å². The van der Waals surface area contributed by atoms with Crippen LogP contribution in [0, 0.1) is 10.7 Å². The molecule has 7 aromatic rings. The number of hydrogen-bond donors (Lipinski definition) is 2. The van der Waals surface area contributed by atoms with E-state index in [4.69, 9.17) is 26.2 Å². The number of rotatable bonds is 4. The quantitative estimate of drug-likeness (QED) is 0.0771. The number of hydrogen-bond acceptors (Lipinski definition) is 10. The molecule has 4 unspecified atom stereocenters. The van der Waals surface area contributed by atoms with Crippen LogP contribution >= 0.6 is 11.3 Å². The smallest absolute Gasteiger partial charge is 0.696 e. The molecule has 0 aliphatic carbocycles. The molecule has 6 aliphatic heterocycles. The van der Waals surface area contributed by atoms with E-state index >= 15 is 0 Å². The zero-order chi connectivity index (χ0) is 44.7. The number of nitriles is 1. The Hall–Kier alpha value is -4.84. The third-order valence-electron chi connectivity index (χ3n) is 14.4. The summed E-state index contributed by atoms with van der Waals surface area (Å²) in [7, 11) is 0. The standard InChI is InChI=1S/C28H25N3OS.C27H26N2O.CHNS.K/c29-28-30-26-24(33-28)13-12-22-25(21-8-4-5-9-23(21)32-27(22)26)18-14-19-10-11-20(15-18)31(19)16-17-6-2-1-3-7-17;28-24-11-6-10-23-26(22-9-4-5-12-25(22)30-27(23)24)19-15-20-13-14-21(16-19)29(20)17-18-7-2-1-3-8-18;2-1-3;/h1-9,12-13,19-20H,10-11,14-16H2,(H2,29,30);1-12,20-21H,13-17,28H2;3H;/q;;;+1/p-1. The van der Waals surface area contributed by atoms with E-state index in [9.17, 15) is 0 Å².